The number of hydrogen-bond acceptors (Lipinski definition) is 4. The van der Waals surface area contributed by atoms with Gasteiger partial charge in [0.15, 0.2) is 0 Å². The van der Waals surface area contributed by atoms with Crippen LogP contribution in [0.4, 0.5) is 11.4 Å². The summed E-state index contributed by atoms with van der Waals surface area (Å²) in [5.74, 6) is 0.0471. The molecule has 26 heavy (non-hydrogen) atoms. The van der Waals surface area contributed by atoms with Gasteiger partial charge in [-0.1, -0.05) is 0 Å². The van der Waals surface area contributed by atoms with Crippen molar-refractivity contribution in [1.29, 1.82) is 0 Å². The molecule has 1 heterocycles. The van der Waals surface area contributed by atoms with Crippen LogP contribution in [0.3, 0.4) is 0 Å². The van der Waals surface area contributed by atoms with Gasteiger partial charge in [-0.15, -0.1) is 0 Å². The number of methoxy groups -OCH3 is 1. The van der Waals surface area contributed by atoms with Gasteiger partial charge in [-0.3, -0.25) is 9.59 Å². The number of carbonyl (C=O) groups excluding carboxylic acids is 2. The van der Waals surface area contributed by atoms with E-state index in [0.717, 1.165) is 5.69 Å². The lowest BCUT2D eigenvalue weighted by atomic mass is 10.2. The number of amides is 2. The van der Waals surface area contributed by atoms with E-state index in [2.05, 4.69) is 15.6 Å². The van der Waals surface area contributed by atoms with Crippen molar-refractivity contribution in [3.63, 3.8) is 0 Å². The Bertz CT molecular complexity index is 918. The predicted molar refractivity (Wildman–Crippen MR) is 98.8 cm³/mol. The number of hydrogen-bond donors (Lipinski definition) is 2. The first-order chi connectivity index (χ1) is 12.6. The zero-order valence-corrected chi connectivity index (χ0v) is 14.4. The number of imidazole rings is 1. The summed E-state index contributed by atoms with van der Waals surface area (Å²) in [7, 11) is 1.51. The number of aromatic nitrogens is 2. The maximum absolute atomic E-state index is 12.5. The topological polar surface area (TPSA) is 85.2 Å². The number of ether oxygens (including phenoxy) is 1. The lowest BCUT2D eigenvalue weighted by Crippen LogP contribution is -2.13. The fourth-order valence-corrected chi connectivity index (χ4v) is 2.47. The van der Waals surface area contributed by atoms with E-state index in [-0.39, 0.29) is 11.8 Å². The highest BCUT2D eigenvalue weighted by Crippen LogP contribution is 2.28. The SMILES string of the molecule is COc1ccc(NC(=O)c2ccc(-n3ccnc3)cc2)cc1NC(C)=O. The predicted octanol–water partition coefficient (Wildman–Crippen LogP) is 3.09. The lowest BCUT2D eigenvalue weighted by molar-refractivity contribution is -0.114. The van der Waals surface area contributed by atoms with Gasteiger partial charge in [0.2, 0.25) is 5.91 Å². The van der Waals surface area contributed by atoms with E-state index in [9.17, 15) is 9.59 Å². The molecule has 0 saturated carbocycles. The molecule has 0 atom stereocenters. The van der Waals surface area contributed by atoms with Crippen molar-refractivity contribution in [1.82, 2.24) is 9.55 Å². The van der Waals surface area contributed by atoms with Crippen molar-refractivity contribution < 1.29 is 14.3 Å². The first-order valence-corrected chi connectivity index (χ1v) is 7.92. The van der Waals surface area contributed by atoms with Crippen LogP contribution in [-0.4, -0.2) is 28.5 Å². The Morgan fingerprint density at radius 3 is 2.46 bits per heavy atom. The van der Waals surface area contributed by atoms with E-state index in [1.54, 1.807) is 42.9 Å². The minimum Gasteiger partial charge on any atom is -0.495 e. The second-order valence-corrected chi connectivity index (χ2v) is 5.57. The van der Waals surface area contributed by atoms with Gasteiger partial charge in [0.25, 0.3) is 5.91 Å². The zero-order valence-electron chi connectivity index (χ0n) is 14.4. The number of carbonyl (C=O) groups is 2. The Kier molecular flexibility index (Phi) is 4.98. The van der Waals surface area contributed by atoms with Crippen LogP contribution in [0.2, 0.25) is 0 Å². The van der Waals surface area contributed by atoms with E-state index < -0.39 is 0 Å². The molecule has 7 heteroatoms. The first-order valence-electron chi connectivity index (χ1n) is 7.92. The minimum atomic E-state index is -0.249. The minimum absolute atomic E-state index is 0.220. The molecule has 2 N–H and O–H groups in total. The van der Waals surface area contributed by atoms with Crippen LogP contribution >= 0.6 is 0 Å². The molecule has 1 aromatic heterocycles. The average molecular weight is 350 g/mol. The molecule has 3 rings (SSSR count). The Morgan fingerprint density at radius 1 is 1.08 bits per heavy atom. The third-order valence-corrected chi connectivity index (χ3v) is 3.70. The molecule has 0 radical (unpaired) electrons. The van der Waals surface area contributed by atoms with E-state index in [4.69, 9.17) is 4.74 Å². The molecule has 0 fully saturated rings. The van der Waals surface area contributed by atoms with E-state index >= 15 is 0 Å². The van der Waals surface area contributed by atoms with Crippen LogP contribution in [0.25, 0.3) is 5.69 Å². The summed E-state index contributed by atoms with van der Waals surface area (Å²) in [5, 5.41) is 5.49. The summed E-state index contributed by atoms with van der Waals surface area (Å²) < 4.78 is 7.06. The Morgan fingerprint density at radius 2 is 1.85 bits per heavy atom. The molecule has 0 spiro atoms. The first kappa shape index (κ1) is 17.2. The summed E-state index contributed by atoms with van der Waals surface area (Å²) in [6, 6.07) is 12.2. The molecule has 7 nitrogen and oxygen atoms in total. The van der Waals surface area contributed by atoms with Gasteiger partial charge in [0, 0.05) is 36.3 Å². The number of nitrogens with one attached hydrogen (secondary N) is 2. The van der Waals surface area contributed by atoms with Crippen molar-refractivity contribution in [3.05, 3.63) is 66.7 Å². The highest BCUT2D eigenvalue weighted by atomic mass is 16.5. The zero-order chi connectivity index (χ0) is 18.5. The molecule has 0 bridgehead atoms. The highest BCUT2D eigenvalue weighted by Gasteiger charge is 2.10. The molecule has 0 aliphatic carbocycles. The summed E-state index contributed by atoms with van der Waals surface area (Å²) in [6.45, 7) is 1.41. The largest absolute Gasteiger partial charge is 0.495 e. The van der Waals surface area contributed by atoms with Crippen LogP contribution in [-0.2, 0) is 4.79 Å². The molecule has 3 aromatic rings. The summed E-state index contributed by atoms with van der Waals surface area (Å²) in [5.41, 5.74) is 2.48. The van der Waals surface area contributed by atoms with E-state index in [1.807, 2.05) is 22.9 Å². The Hall–Kier alpha value is -3.61. The lowest BCUT2D eigenvalue weighted by Gasteiger charge is -2.12. The van der Waals surface area contributed by atoms with Crippen LogP contribution in [0.15, 0.2) is 61.2 Å². The second-order valence-electron chi connectivity index (χ2n) is 5.57. The molecule has 0 aliphatic heterocycles. The van der Waals surface area contributed by atoms with Gasteiger partial charge < -0.3 is 19.9 Å². The van der Waals surface area contributed by atoms with Gasteiger partial charge in [0.1, 0.15) is 5.75 Å². The van der Waals surface area contributed by atoms with E-state index in [1.165, 1.54) is 14.0 Å². The summed E-state index contributed by atoms with van der Waals surface area (Å²) in [4.78, 5) is 27.8. The standard InChI is InChI=1S/C19H18N4O3/c1-13(24)21-17-11-15(5-8-18(17)26-2)22-19(25)14-3-6-16(7-4-14)23-10-9-20-12-23/h3-12H,1-2H3,(H,21,24)(H,22,25). The molecule has 2 amide bonds. The number of benzene rings is 2. The maximum atomic E-state index is 12.5. The molecular formula is C19H18N4O3. The highest BCUT2D eigenvalue weighted by molar-refractivity contribution is 6.05. The average Bonchev–Trinajstić information content (AvgIpc) is 3.16. The van der Waals surface area contributed by atoms with Crippen LogP contribution < -0.4 is 15.4 Å². The summed E-state index contributed by atoms with van der Waals surface area (Å²) >= 11 is 0. The van der Waals surface area contributed by atoms with Crippen LogP contribution in [0, 0.1) is 0 Å². The Balaban J connectivity index is 1.76. The summed E-state index contributed by atoms with van der Waals surface area (Å²) in [6.07, 6.45) is 5.21. The van der Waals surface area contributed by atoms with Crippen molar-refractivity contribution in [2.75, 3.05) is 17.7 Å². The van der Waals surface area contributed by atoms with Gasteiger partial charge in [-0.2, -0.15) is 0 Å². The van der Waals surface area contributed by atoms with Gasteiger partial charge in [-0.05, 0) is 42.5 Å². The van der Waals surface area contributed by atoms with Crippen molar-refractivity contribution >= 4 is 23.2 Å². The fraction of sp³-hybridized carbons (Fsp3) is 0.105. The third-order valence-electron chi connectivity index (χ3n) is 3.70. The van der Waals surface area contributed by atoms with Crippen molar-refractivity contribution in [2.24, 2.45) is 0 Å². The van der Waals surface area contributed by atoms with Gasteiger partial charge in [-0.25, -0.2) is 4.98 Å². The normalized spacial score (nSPS) is 10.2. The smallest absolute Gasteiger partial charge is 0.255 e. The molecule has 0 aliphatic rings. The third kappa shape index (κ3) is 3.89. The number of nitrogens with zero attached hydrogens (tertiary/aromatic N) is 2. The second kappa shape index (κ2) is 7.52. The van der Waals surface area contributed by atoms with Crippen molar-refractivity contribution in [2.45, 2.75) is 6.92 Å². The maximum Gasteiger partial charge on any atom is 0.255 e. The van der Waals surface area contributed by atoms with Crippen LogP contribution in [0.5, 0.6) is 5.75 Å². The molecule has 0 unspecified atom stereocenters. The van der Waals surface area contributed by atoms with Gasteiger partial charge in [0.05, 0.1) is 19.1 Å². The molecule has 2 aromatic carbocycles. The van der Waals surface area contributed by atoms with E-state index in [0.29, 0.717) is 22.7 Å². The quantitative estimate of drug-likeness (QED) is 0.740. The number of rotatable bonds is 5. The fourth-order valence-electron chi connectivity index (χ4n) is 2.47. The monoisotopic (exact) mass is 350 g/mol. The molecule has 132 valence electrons. The van der Waals surface area contributed by atoms with Crippen LogP contribution in [0.1, 0.15) is 17.3 Å². The Labute approximate surface area is 150 Å². The van der Waals surface area contributed by atoms with Gasteiger partial charge >= 0.3 is 0 Å². The number of anilines is 2. The molecule has 0 saturated heterocycles. The molecular weight excluding hydrogens is 332 g/mol. The van der Waals surface area contributed by atoms with Crippen molar-refractivity contribution in [3.8, 4) is 11.4 Å².